The number of aromatic nitrogens is 2. The fourth-order valence-corrected chi connectivity index (χ4v) is 3.88. The smallest absolute Gasteiger partial charge is 0.223 e. The van der Waals surface area contributed by atoms with Gasteiger partial charge < -0.3 is 0 Å². The average Bonchev–Trinajstić information content (AvgIpc) is 3.32. The molecule has 0 saturated heterocycles. The van der Waals surface area contributed by atoms with Crippen LogP contribution in [-0.4, -0.2) is 9.97 Å². The number of nitriles is 1. The Labute approximate surface area is 145 Å². The summed E-state index contributed by atoms with van der Waals surface area (Å²) in [6, 6.07) is 6.05. The van der Waals surface area contributed by atoms with Gasteiger partial charge in [-0.15, -0.1) is 34.0 Å². The Kier molecular flexibility index (Phi) is 4.74. The SMILES string of the molecule is [C-]#[N+]/C(=C\c1ccc(/C=C(\C#N)c2nccs2)s1)c1nccs1. The van der Waals surface area contributed by atoms with E-state index in [0.29, 0.717) is 21.3 Å². The van der Waals surface area contributed by atoms with Crippen LogP contribution in [0.3, 0.4) is 0 Å². The summed E-state index contributed by atoms with van der Waals surface area (Å²) in [7, 11) is 0. The number of hydrogen-bond acceptors (Lipinski definition) is 6. The van der Waals surface area contributed by atoms with Crippen molar-refractivity contribution < 1.29 is 0 Å². The molecule has 7 heteroatoms. The lowest BCUT2D eigenvalue weighted by molar-refractivity contribution is 1.38. The van der Waals surface area contributed by atoms with Crippen LogP contribution in [0.2, 0.25) is 0 Å². The highest BCUT2D eigenvalue weighted by Gasteiger charge is 2.07. The second kappa shape index (κ2) is 7.12. The second-order valence-electron chi connectivity index (χ2n) is 4.23. The number of rotatable bonds is 4. The van der Waals surface area contributed by atoms with Crippen LogP contribution in [-0.2, 0) is 0 Å². The summed E-state index contributed by atoms with van der Waals surface area (Å²) >= 11 is 4.40. The van der Waals surface area contributed by atoms with Gasteiger partial charge in [-0.2, -0.15) is 5.26 Å². The Balaban J connectivity index is 1.89. The van der Waals surface area contributed by atoms with Crippen molar-refractivity contribution in [1.82, 2.24) is 9.97 Å². The Morgan fingerprint density at radius 1 is 1.09 bits per heavy atom. The van der Waals surface area contributed by atoms with Crippen molar-refractivity contribution in [3.05, 3.63) is 66.5 Å². The summed E-state index contributed by atoms with van der Waals surface area (Å²) in [5, 5.41) is 14.4. The van der Waals surface area contributed by atoms with Gasteiger partial charge in [0.2, 0.25) is 5.70 Å². The van der Waals surface area contributed by atoms with E-state index in [9.17, 15) is 5.26 Å². The Bertz CT molecular complexity index is 856. The van der Waals surface area contributed by atoms with Crippen molar-refractivity contribution in [2.24, 2.45) is 0 Å². The van der Waals surface area contributed by atoms with Gasteiger partial charge >= 0.3 is 0 Å². The molecule has 3 rings (SSSR count). The lowest BCUT2D eigenvalue weighted by atomic mass is 10.2. The summed E-state index contributed by atoms with van der Waals surface area (Å²) < 4.78 is 0. The topological polar surface area (TPSA) is 53.9 Å². The minimum Gasteiger partial charge on any atom is -0.257 e. The van der Waals surface area contributed by atoms with Crippen LogP contribution in [0.15, 0.2) is 35.3 Å². The van der Waals surface area contributed by atoms with E-state index in [1.807, 2.05) is 35.0 Å². The van der Waals surface area contributed by atoms with Crippen molar-refractivity contribution >= 4 is 57.4 Å². The van der Waals surface area contributed by atoms with Gasteiger partial charge in [0.05, 0.1) is 12.1 Å². The first-order valence-corrected chi connectivity index (χ1v) is 8.98. The number of thiophene rings is 1. The fourth-order valence-electron chi connectivity index (χ4n) is 1.79. The van der Waals surface area contributed by atoms with E-state index in [1.165, 1.54) is 34.0 Å². The fraction of sp³-hybridized carbons (Fsp3) is 0. The molecule has 0 aliphatic heterocycles. The normalized spacial score (nSPS) is 11.9. The van der Waals surface area contributed by atoms with Crippen LogP contribution in [0, 0.1) is 17.9 Å². The van der Waals surface area contributed by atoms with E-state index < -0.39 is 0 Å². The standard InChI is InChI=1S/C16H8N4S3/c1-18-14(16-20-5-7-22-16)9-13-3-2-12(23-13)8-11(10-17)15-19-4-6-21-15/h2-9H/b11-8+,14-9-. The number of allylic oxidation sites excluding steroid dienone is 1. The molecule has 4 nitrogen and oxygen atoms in total. The average molecular weight is 352 g/mol. The van der Waals surface area contributed by atoms with Crippen molar-refractivity contribution in [3.8, 4) is 6.07 Å². The van der Waals surface area contributed by atoms with Crippen molar-refractivity contribution in [1.29, 1.82) is 5.26 Å². The Morgan fingerprint density at radius 2 is 1.74 bits per heavy atom. The minimum atomic E-state index is 0.526. The molecule has 0 aliphatic rings. The molecule has 3 heterocycles. The van der Waals surface area contributed by atoms with E-state index in [0.717, 1.165) is 9.75 Å². The molecule has 0 bridgehead atoms. The minimum absolute atomic E-state index is 0.526. The predicted octanol–water partition coefficient (Wildman–Crippen LogP) is 5.14. The summed E-state index contributed by atoms with van der Waals surface area (Å²) in [4.78, 5) is 13.8. The molecule has 0 unspecified atom stereocenters. The zero-order valence-corrected chi connectivity index (χ0v) is 14.1. The highest BCUT2D eigenvalue weighted by molar-refractivity contribution is 7.14. The van der Waals surface area contributed by atoms with Gasteiger partial charge in [0.25, 0.3) is 0 Å². The van der Waals surface area contributed by atoms with Crippen LogP contribution in [0.4, 0.5) is 0 Å². The van der Waals surface area contributed by atoms with Gasteiger partial charge in [-0.1, -0.05) is 0 Å². The predicted molar refractivity (Wildman–Crippen MR) is 96.5 cm³/mol. The Hall–Kier alpha value is -2.58. The number of nitrogens with zero attached hydrogens (tertiary/aromatic N) is 4. The molecule has 0 fully saturated rings. The van der Waals surface area contributed by atoms with Crippen molar-refractivity contribution in [2.75, 3.05) is 0 Å². The lowest BCUT2D eigenvalue weighted by Gasteiger charge is -1.92. The van der Waals surface area contributed by atoms with Crippen LogP contribution in [0.25, 0.3) is 28.3 Å². The molecule has 0 saturated carbocycles. The molecular formula is C16H8N4S3. The van der Waals surface area contributed by atoms with Crippen LogP contribution in [0.5, 0.6) is 0 Å². The zero-order chi connectivity index (χ0) is 16.1. The maximum Gasteiger partial charge on any atom is 0.223 e. The van der Waals surface area contributed by atoms with Gasteiger partial charge in [0, 0.05) is 32.9 Å². The molecule has 0 atom stereocenters. The van der Waals surface area contributed by atoms with Gasteiger partial charge in [-0.3, -0.25) is 4.98 Å². The van der Waals surface area contributed by atoms with E-state index in [-0.39, 0.29) is 0 Å². The zero-order valence-electron chi connectivity index (χ0n) is 11.6. The van der Waals surface area contributed by atoms with Crippen molar-refractivity contribution in [3.63, 3.8) is 0 Å². The van der Waals surface area contributed by atoms with Crippen LogP contribution in [0.1, 0.15) is 19.8 Å². The molecule has 3 aromatic heterocycles. The van der Waals surface area contributed by atoms with E-state index in [2.05, 4.69) is 20.9 Å². The van der Waals surface area contributed by atoms with Crippen LogP contribution < -0.4 is 0 Å². The molecule has 0 spiro atoms. The van der Waals surface area contributed by atoms with E-state index in [4.69, 9.17) is 6.57 Å². The highest BCUT2D eigenvalue weighted by Crippen LogP contribution is 2.28. The third-order valence-corrected chi connectivity index (χ3v) is 5.35. The molecular weight excluding hydrogens is 344 g/mol. The maximum atomic E-state index is 9.27. The van der Waals surface area contributed by atoms with Gasteiger partial charge in [-0.05, 0) is 24.3 Å². The molecule has 23 heavy (non-hydrogen) atoms. The molecule has 0 N–H and O–H groups in total. The van der Waals surface area contributed by atoms with Crippen molar-refractivity contribution in [2.45, 2.75) is 0 Å². The Morgan fingerprint density at radius 3 is 2.30 bits per heavy atom. The van der Waals surface area contributed by atoms with Gasteiger partial charge in [0.15, 0.2) is 0 Å². The second-order valence-corrected chi connectivity index (χ2v) is 7.16. The first-order valence-electron chi connectivity index (χ1n) is 6.40. The summed E-state index contributed by atoms with van der Waals surface area (Å²) in [6.45, 7) is 7.30. The van der Waals surface area contributed by atoms with E-state index >= 15 is 0 Å². The highest BCUT2D eigenvalue weighted by atomic mass is 32.1. The molecule has 0 aromatic carbocycles. The van der Waals surface area contributed by atoms with E-state index in [1.54, 1.807) is 12.4 Å². The number of hydrogen-bond donors (Lipinski definition) is 0. The summed E-state index contributed by atoms with van der Waals surface area (Å²) in [5.41, 5.74) is 1.07. The molecule has 0 amide bonds. The molecule has 0 aliphatic carbocycles. The largest absolute Gasteiger partial charge is 0.257 e. The summed E-state index contributed by atoms with van der Waals surface area (Å²) in [5.74, 6) is 0. The number of thiazole rings is 2. The quantitative estimate of drug-likeness (QED) is 0.482. The first-order chi connectivity index (χ1) is 11.3. The lowest BCUT2D eigenvalue weighted by Crippen LogP contribution is -1.77. The maximum absolute atomic E-state index is 9.27. The van der Waals surface area contributed by atoms with Gasteiger partial charge in [-0.25, -0.2) is 9.83 Å². The van der Waals surface area contributed by atoms with Gasteiger partial charge in [0.1, 0.15) is 16.1 Å². The third-order valence-electron chi connectivity index (χ3n) is 2.77. The first kappa shape index (κ1) is 15.3. The van der Waals surface area contributed by atoms with Crippen LogP contribution >= 0.6 is 34.0 Å². The molecule has 3 aromatic rings. The molecule has 110 valence electrons. The summed E-state index contributed by atoms with van der Waals surface area (Å²) in [6.07, 6.45) is 7.02. The molecule has 0 radical (unpaired) electrons. The third kappa shape index (κ3) is 3.61. The monoisotopic (exact) mass is 352 g/mol.